The molecule has 0 aromatic carbocycles. The van der Waals surface area contributed by atoms with Gasteiger partial charge in [-0.25, -0.2) is 9.48 Å². The molecule has 0 radical (unpaired) electrons. The summed E-state index contributed by atoms with van der Waals surface area (Å²) >= 11 is 0. The van der Waals surface area contributed by atoms with Gasteiger partial charge in [0.25, 0.3) is 0 Å². The number of carbonyl (C=O) groups excluding carboxylic acids is 1. The summed E-state index contributed by atoms with van der Waals surface area (Å²) in [6.07, 6.45) is 2.70. The summed E-state index contributed by atoms with van der Waals surface area (Å²) in [5.41, 5.74) is 0.0638. The summed E-state index contributed by atoms with van der Waals surface area (Å²) in [5.74, 6) is -0.0908. The number of carbonyl (C=O) groups is 1. The third kappa shape index (κ3) is 2.82. The molecule has 1 unspecified atom stereocenters. The van der Waals surface area contributed by atoms with Gasteiger partial charge in [-0.3, -0.25) is 9.20 Å². The first-order chi connectivity index (χ1) is 10.1. The van der Waals surface area contributed by atoms with Crippen LogP contribution in [0.3, 0.4) is 0 Å². The van der Waals surface area contributed by atoms with Crippen molar-refractivity contribution < 1.29 is 9.53 Å². The van der Waals surface area contributed by atoms with E-state index in [0.717, 1.165) is 6.42 Å². The fraction of sp³-hybridized carbons (Fsp3) is 0.500. The maximum atomic E-state index is 12.1. The molecule has 0 spiro atoms. The summed E-state index contributed by atoms with van der Waals surface area (Å²) < 4.78 is 8.08. The van der Waals surface area contributed by atoms with E-state index in [4.69, 9.17) is 4.74 Å². The number of nitrogens with one attached hydrogen (secondary N) is 1. The summed E-state index contributed by atoms with van der Waals surface area (Å²) in [4.78, 5) is 24.0. The van der Waals surface area contributed by atoms with Crippen molar-refractivity contribution >= 4 is 11.6 Å². The largest absolute Gasteiger partial charge is 0.379 e. The van der Waals surface area contributed by atoms with Crippen LogP contribution in [-0.2, 0) is 16.1 Å². The molecule has 0 bridgehead atoms. The number of pyridine rings is 1. The van der Waals surface area contributed by atoms with E-state index in [1.54, 1.807) is 18.3 Å². The lowest BCUT2D eigenvalue weighted by molar-refractivity contribution is -0.123. The van der Waals surface area contributed by atoms with Crippen molar-refractivity contribution in [1.82, 2.24) is 19.5 Å². The van der Waals surface area contributed by atoms with E-state index < -0.39 is 0 Å². The third-order valence-corrected chi connectivity index (χ3v) is 3.70. The Morgan fingerprint density at radius 2 is 2.38 bits per heavy atom. The van der Waals surface area contributed by atoms with Gasteiger partial charge in [0.2, 0.25) is 5.91 Å². The van der Waals surface area contributed by atoms with Crippen molar-refractivity contribution in [3.05, 3.63) is 34.9 Å². The van der Waals surface area contributed by atoms with Gasteiger partial charge in [0.15, 0.2) is 5.65 Å². The van der Waals surface area contributed by atoms with Crippen molar-refractivity contribution in [2.45, 2.75) is 31.8 Å². The van der Waals surface area contributed by atoms with Crippen LogP contribution >= 0.6 is 0 Å². The van der Waals surface area contributed by atoms with Crippen LogP contribution in [-0.4, -0.2) is 38.8 Å². The maximum Gasteiger partial charge on any atom is 0.350 e. The van der Waals surface area contributed by atoms with Gasteiger partial charge in [-0.2, -0.15) is 0 Å². The van der Waals surface area contributed by atoms with Gasteiger partial charge in [-0.1, -0.05) is 6.07 Å². The van der Waals surface area contributed by atoms with Gasteiger partial charge in [0.05, 0.1) is 18.7 Å². The van der Waals surface area contributed by atoms with Crippen LogP contribution in [0.25, 0.3) is 5.65 Å². The molecule has 1 atom stereocenters. The van der Waals surface area contributed by atoms with E-state index in [-0.39, 0.29) is 30.1 Å². The van der Waals surface area contributed by atoms with Crippen LogP contribution in [0.2, 0.25) is 0 Å². The highest BCUT2D eigenvalue weighted by Gasteiger charge is 2.30. The number of ether oxygens (including phenoxy) is 1. The first-order valence-electron chi connectivity index (χ1n) is 7.00. The number of aromatic nitrogens is 3. The average Bonchev–Trinajstić information content (AvgIpc) is 3.02. The Labute approximate surface area is 121 Å². The molecular weight excluding hydrogens is 272 g/mol. The molecule has 0 saturated carbocycles. The van der Waals surface area contributed by atoms with Gasteiger partial charge in [-0.15, -0.1) is 5.10 Å². The van der Waals surface area contributed by atoms with Gasteiger partial charge in [0.1, 0.15) is 0 Å². The minimum Gasteiger partial charge on any atom is -0.379 e. The molecule has 1 fully saturated rings. The molecule has 1 aliphatic heterocycles. The molecule has 21 heavy (non-hydrogen) atoms. The van der Waals surface area contributed by atoms with E-state index in [1.807, 2.05) is 13.0 Å². The van der Waals surface area contributed by atoms with E-state index in [9.17, 15) is 9.59 Å². The zero-order valence-corrected chi connectivity index (χ0v) is 11.9. The number of amides is 1. The second-order valence-corrected chi connectivity index (χ2v) is 5.60. The van der Waals surface area contributed by atoms with Gasteiger partial charge in [0, 0.05) is 19.2 Å². The average molecular weight is 290 g/mol. The lowest BCUT2D eigenvalue weighted by atomic mass is 10.0. The first kappa shape index (κ1) is 13.8. The Balaban J connectivity index is 1.65. The quantitative estimate of drug-likeness (QED) is 0.871. The highest BCUT2D eigenvalue weighted by Crippen LogP contribution is 2.17. The van der Waals surface area contributed by atoms with Crippen LogP contribution in [0.5, 0.6) is 0 Å². The molecular formula is C14H18N4O3. The van der Waals surface area contributed by atoms with Crippen molar-refractivity contribution in [2.24, 2.45) is 0 Å². The van der Waals surface area contributed by atoms with Crippen LogP contribution in [0.15, 0.2) is 29.2 Å². The van der Waals surface area contributed by atoms with Crippen molar-refractivity contribution in [3.8, 4) is 0 Å². The predicted octanol–water partition coefficient (Wildman–Crippen LogP) is 0.181. The third-order valence-electron chi connectivity index (χ3n) is 3.70. The highest BCUT2D eigenvalue weighted by molar-refractivity contribution is 5.76. The fourth-order valence-corrected chi connectivity index (χ4v) is 2.49. The maximum absolute atomic E-state index is 12.1. The number of rotatable bonds is 4. The number of hydrogen-bond acceptors (Lipinski definition) is 4. The lowest BCUT2D eigenvalue weighted by Crippen LogP contribution is -2.46. The van der Waals surface area contributed by atoms with E-state index in [0.29, 0.717) is 18.9 Å². The SMILES string of the molecule is CC1(NC(=O)CCn2nc3ccccn3c2=O)CCOC1. The molecule has 112 valence electrons. The smallest absolute Gasteiger partial charge is 0.350 e. The molecule has 3 rings (SSSR count). The van der Waals surface area contributed by atoms with Crippen molar-refractivity contribution in [2.75, 3.05) is 13.2 Å². The number of nitrogens with zero attached hydrogens (tertiary/aromatic N) is 3. The fourth-order valence-electron chi connectivity index (χ4n) is 2.49. The number of hydrogen-bond donors (Lipinski definition) is 1. The summed E-state index contributed by atoms with van der Waals surface area (Å²) in [6, 6.07) is 5.35. The molecule has 1 aliphatic rings. The van der Waals surface area contributed by atoms with Crippen LogP contribution in [0.1, 0.15) is 19.8 Å². The monoisotopic (exact) mass is 290 g/mol. The zero-order valence-electron chi connectivity index (χ0n) is 11.9. The molecule has 1 amide bonds. The minimum atomic E-state index is -0.291. The topological polar surface area (TPSA) is 77.6 Å². The lowest BCUT2D eigenvalue weighted by Gasteiger charge is -2.23. The van der Waals surface area contributed by atoms with Gasteiger partial charge in [-0.05, 0) is 25.5 Å². The Bertz CT molecular complexity index is 712. The predicted molar refractivity (Wildman–Crippen MR) is 76.1 cm³/mol. The van der Waals surface area contributed by atoms with Crippen molar-refractivity contribution in [3.63, 3.8) is 0 Å². The second kappa shape index (κ2) is 5.33. The van der Waals surface area contributed by atoms with E-state index >= 15 is 0 Å². The summed E-state index contributed by atoms with van der Waals surface area (Å²) in [7, 11) is 0. The van der Waals surface area contributed by atoms with E-state index in [2.05, 4.69) is 10.4 Å². The minimum absolute atomic E-state index is 0.0908. The molecule has 7 heteroatoms. The van der Waals surface area contributed by atoms with Gasteiger partial charge >= 0.3 is 5.69 Å². The van der Waals surface area contributed by atoms with Crippen LogP contribution < -0.4 is 11.0 Å². The van der Waals surface area contributed by atoms with Crippen LogP contribution in [0.4, 0.5) is 0 Å². The van der Waals surface area contributed by atoms with Crippen LogP contribution in [0, 0.1) is 0 Å². The molecule has 1 N–H and O–H groups in total. The summed E-state index contributed by atoms with van der Waals surface area (Å²) in [5, 5.41) is 7.16. The molecule has 1 saturated heterocycles. The second-order valence-electron chi connectivity index (χ2n) is 5.60. The molecule has 3 heterocycles. The Hall–Kier alpha value is -2.15. The van der Waals surface area contributed by atoms with E-state index in [1.165, 1.54) is 9.08 Å². The number of fused-ring (bicyclic) bond motifs is 1. The van der Waals surface area contributed by atoms with Gasteiger partial charge < -0.3 is 10.1 Å². The summed E-state index contributed by atoms with van der Waals surface area (Å²) in [6.45, 7) is 3.44. The zero-order chi connectivity index (χ0) is 14.9. The molecule has 7 nitrogen and oxygen atoms in total. The Morgan fingerprint density at radius 3 is 3.10 bits per heavy atom. The first-order valence-corrected chi connectivity index (χ1v) is 7.00. The standard InChI is InChI=1S/C14H18N4O3/c1-14(6-9-21-10-14)15-12(19)5-8-18-13(20)17-7-3-2-4-11(17)16-18/h2-4,7H,5-6,8-10H2,1H3,(H,15,19). The Morgan fingerprint density at radius 1 is 1.52 bits per heavy atom. The molecule has 0 aliphatic carbocycles. The highest BCUT2D eigenvalue weighted by atomic mass is 16.5. The normalized spacial score (nSPS) is 21.8. The Kier molecular flexibility index (Phi) is 3.50. The molecule has 2 aromatic rings. The number of aryl methyl sites for hydroxylation is 1. The van der Waals surface area contributed by atoms with Crippen molar-refractivity contribution in [1.29, 1.82) is 0 Å². The molecule has 2 aromatic heterocycles.